The molecule has 0 saturated heterocycles. The lowest BCUT2D eigenvalue weighted by atomic mass is 9.86. The lowest BCUT2D eigenvalue weighted by molar-refractivity contribution is 0.289. The summed E-state index contributed by atoms with van der Waals surface area (Å²) < 4.78 is 26.9. The highest BCUT2D eigenvalue weighted by atomic mass is 35.5. The van der Waals surface area contributed by atoms with Crippen LogP contribution in [0.5, 0.6) is 0 Å². The molecule has 0 aliphatic heterocycles. The van der Waals surface area contributed by atoms with Crippen LogP contribution in [0.2, 0.25) is 5.02 Å². The second kappa shape index (κ2) is 6.74. The number of rotatable bonds is 6. The van der Waals surface area contributed by atoms with Crippen molar-refractivity contribution in [2.75, 3.05) is 6.54 Å². The molecular weight excluding hydrogens is 300 g/mol. The summed E-state index contributed by atoms with van der Waals surface area (Å²) in [6.45, 7) is 8.62. The third-order valence-corrected chi connectivity index (χ3v) is 5.05. The Balaban J connectivity index is 2.89. The Labute approximate surface area is 124 Å². The molecule has 0 amide bonds. The molecule has 0 atom stereocenters. The van der Waals surface area contributed by atoms with Gasteiger partial charge in [-0.05, 0) is 23.8 Å². The summed E-state index contributed by atoms with van der Waals surface area (Å²) in [6.07, 6.45) is 1.15. The van der Waals surface area contributed by atoms with E-state index in [4.69, 9.17) is 11.6 Å². The predicted molar refractivity (Wildman–Crippen MR) is 80.4 cm³/mol. The molecule has 0 aliphatic rings. The first-order chi connectivity index (χ1) is 9.15. The Morgan fingerprint density at radius 3 is 2.25 bits per heavy atom. The van der Waals surface area contributed by atoms with Gasteiger partial charge in [0.05, 0.1) is 4.90 Å². The number of H-pyrrole nitrogens is 1. The van der Waals surface area contributed by atoms with Crippen molar-refractivity contribution in [3.8, 4) is 0 Å². The Bertz CT molecular complexity index is 600. The Kier molecular flexibility index (Phi) is 5.79. The van der Waals surface area contributed by atoms with Crippen LogP contribution in [0.25, 0.3) is 0 Å². The number of sulfonamides is 1. The van der Waals surface area contributed by atoms with Gasteiger partial charge in [0, 0.05) is 12.7 Å². The topological polar surface area (TPSA) is 79.0 Å². The van der Waals surface area contributed by atoms with Crippen LogP contribution >= 0.6 is 11.6 Å². The summed E-state index contributed by atoms with van der Waals surface area (Å²) in [4.78, 5) is 13.4. The molecule has 1 rings (SSSR count). The predicted octanol–water partition coefficient (Wildman–Crippen LogP) is 2.23. The minimum absolute atomic E-state index is 0.0339. The highest BCUT2D eigenvalue weighted by Crippen LogP contribution is 2.20. The maximum atomic E-state index is 12.2. The lowest BCUT2D eigenvalue weighted by Gasteiger charge is -2.24. The number of hydrogen-bond donors (Lipinski definition) is 2. The van der Waals surface area contributed by atoms with Gasteiger partial charge < -0.3 is 4.98 Å². The zero-order valence-electron chi connectivity index (χ0n) is 12.1. The van der Waals surface area contributed by atoms with Crippen LogP contribution in [0.4, 0.5) is 0 Å². The maximum absolute atomic E-state index is 12.2. The fourth-order valence-corrected chi connectivity index (χ4v) is 3.43. The van der Waals surface area contributed by atoms with Gasteiger partial charge in [-0.25, -0.2) is 13.1 Å². The quantitative estimate of drug-likeness (QED) is 0.843. The van der Waals surface area contributed by atoms with Crippen LogP contribution in [0.3, 0.4) is 0 Å². The first kappa shape index (κ1) is 17.2. The van der Waals surface area contributed by atoms with Crippen molar-refractivity contribution in [2.24, 2.45) is 17.8 Å². The molecule has 0 aromatic carbocycles. The first-order valence-electron chi connectivity index (χ1n) is 6.53. The average molecular weight is 321 g/mol. The molecule has 114 valence electrons. The van der Waals surface area contributed by atoms with E-state index in [-0.39, 0.29) is 15.8 Å². The van der Waals surface area contributed by atoms with Crippen molar-refractivity contribution < 1.29 is 8.42 Å². The molecule has 1 heterocycles. The molecule has 0 unspecified atom stereocenters. The van der Waals surface area contributed by atoms with Gasteiger partial charge in [0.2, 0.25) is 10.0 Å². The number of halogens is 1. The van der Waals surface area contributed by atoms with Crippen LogP contribution in [-0.4, -0.2) is 19.9 Å². The van der Waals surface area contributed by atoms with Crippen LogP contribution in [0.1, 0.15) is 27.7 Å². The maximum Gasteiger partial charge on any atom is 0.266 e. The standard InChI is InChI=1S/C13H21ClN2O3S/c1-8(2)11(9(3)4)7-16-20(18,19)10-5-12(14)13(17)15-6-10/h5-6,8-9,11,16H,7H2,1-4H3,(H,15,17). The molecule has 5 nitrogen and oxygen atoms in total. The fraction of sp³-hybridized carbons (Fsp3) is 0.615. The molecule has 0 fully saturated rings. The number of aromatic nitrogens is 1. The summed E-state index contributed by atoms with van der Waals surface area (Å²) >= 11 is 5.65. The summed E-state index contributed by atoms with van der Waals surface area (Å²) in [5.74, 6) is 0.983. The summed E-state index contributed by atoms with van der Waals surface area (Å²) in [7, 11) is -3.67. The van der Waals surface area contributed by atoms with E-state index < -0.39 is 15.6 Å². The molecule has 2 N–H and O–H groups in total. The second-order valence-corrected chi connectivity index (χ2v) is 7.69. The highest BCUT2D eigenvalue weighted by molar-refractivity contribution is 7.89. The summed E-state index contributed by atoms with van der Waals surface area (Å²) in [6, 6.07) is 1.16. The van der Waals surface area contributed by atoms with Crippen molar-refractivity contribution in [3.05, 3.63) is 27.6 Å². The monoisotopic (exact) mass is 320 g/mol. The number of pyridine rings is 1. The molecular formula is C13H21ClN2O3S. The Morgan fingerprint density at radius 2 is 1.80 bits per heavy atom. The van der Waals surface area contributed by atoms with Gasteiger partial charge in [-0.1, -0.05) is 39.3 Å². The molecule has 0 aliphatic carbocycles. The number of hydrogen-bond acceptors (Lipinski definition) is 3. The normalized spacial score (nSPS) is 12.6. The van der Waals surface area contributed by atoms with Crippen LogP contribution in [0, 0.1) is 17.8 Å². The molecule has 1 aromatic heterocycles. The van der Waals surface area contributed by atoms with Crippen molar-refractivity contribution in [3.63, 3.8) is 0 Å². The van der Waals surface area contributed by atoms with Gasteiger partial charge >= 0.3 is 0 Å². The van der Waals surface area contributed by atoms with Gasteiger partial charge in [-0.15, -0.1) is 0 Å². The van der Waals surface area contributed by atoms with Gasteiger partial charge in [-0.2, -0.15) is 0 Å². The molecule has 20 heavy (non-hydrogen) atoms. The van der Waals surface area contributed by atoms with E-state index in [2.05, 4.69) is 37.4 Å². The van der Waals surface area contributed by atoms with Gasteiger partial charge in [0.1, 0.15) is 5.02 Å². The van der Waals surface area contributed by atoms with E-state index in [0.717, 1.165) is 12.3 Å². The zero-order valence-corrected chi connectivity index (χ0v) is 13.7. The molecule has 7 heteroatoms. The molecule has 0 saturated carbocycles. The van der Waals surface area contributed by atoms with Crippen molar-refractivity contribution in [1.29, 1.82) is 0 Å². The van der Waals surface area contributed by atoms with Crippen LogP contribution in [0.15, 0.2) is 22.0 Å². The Hall–Kier alpha value is -0.850. The van der Waals surface area contributed by atoms with Crippen molar-refractivity contribution in [1.82, 2.24) is 9.71 Å². The lowest BCUT2D eigenvalue weighted by Crippen LogP contribution is -2.34. The van der Waals surface area contributed by atoms with Crippen molar-refractivity contribution in [2.45, 2.75) is 32.6 Å². The zero-order chi connectivity index (χ0) is 15.5. The Morgan fingerprint density at radius 1 is 1.25 bits per heavy atom. The van der Waals surface area contributed by atoms with Gasteiger partial charge in [0.25, 0.3) is 5.56 Å². The van der Waals surface area contributed by atoms with Crippen LogP contribution < -0.4 is 10.3 Å². The second-order valence-electron chi connectivity index (χ2n) is 5.52. The van der Waals surface area contributed by atoms with E-state index in [1.807, 2.05) is 0 Å². The largest absolute Gasteiger partial charge is 0.326 e. The molecule has 0 spiro atoms. The van der Waals surface area contributed by atoms with E-state index in [1.54, 1.807) is 0 Å². The number of nitrogens with one attached hydrogen (secondary N) is 2. The van der Waals surface area contributed by atoms with E-state index >= 15 is 0 Å². The third-order valence-electron chi connectivity index (χ3n) is 3.36. The number of aromatic amines is 1. The van der Waals surface area contributed by atoms with Crippen LogP contribution in [-0.2, 0) is 10.0 Å². The van der Waals surface area contributed by atoms with Gasteiger partial charge in [-0.3, -0.25) is 4.79 Å². The minimum Gasteiger partial charge on any atom is -0.326 e. The average Bonchev–Trinajstić information content (AvgIpc) is 2.31. The molecule has 0 bridgehead atoms. The van der Waals surface area contributed by atoms with Gasteiger partial charge in [0.15, 0.2) is 0 Å². The smallest absolute Gasteiger partial charge is 0.266 e. The fourth-order valence-electron chi connectivity index (χ4n) is 2.12. The molecule has 1 aromatic rings. The van der Waals surface area contributed by atoms with E-state index in [1.165, 1.54) is 0 Å². The van der Waals surface area contributed by atoms with Crippen molar-refractivity contribution >= 4 is 21.6 Å². The summed E-state index contributed by atoms with van der Waals surface area (Å²) in [5.41, 5.74) is -0.507. The van der Waals surface area contributed by atoms with E-state index in [9.17, 15) is 13.2 Å². The summed E-state index contributed by atoms with van der Waals surface area (Å²) in [5, 5.41) is -0.142. The molecule has 0 radical (unpaired) electrons. The highest BCUT2D eigenvalue weighted by Gasteiger charge is 2.22. The SMILES string of the molecule is CC(C)C(CNS(=O)(=O)c1c[nH]c(=O)c(Cl)c1)C(C)C. The van der Waals surface area contributed by atoms with E-state index in [0.29, 0.717) is 18.4 Å². The minimum atomic E-state index is -3.67. The third kappa shape index (κ3) is 4.33. The first-order valence-corrected chi connectivity index (χ1v) is 8.39.